The van der Waals surface area contributed by atoms with Crippen LogP contribution in [0.3, 0.4) is 0 Å². The van der Waals surface area contributed by atoms with E-state index in [1.165, 1.54) is 0 Å². The summed E-state index contributed by atoms with van der Waals surface area (Å²) in [6.07, 6.45) is 15.4. The smallest absolute Gasteiger partial charge is 0.255 e. The van der Waals surface area contributed by atoms with Gasteiger partial charge in [0.2, 0.25) is 0 Å². The minimum atomic E-state index is -0.0862. The van der Waals surface area contributed by atoms with Gasteiger partial charge in [0.1, 0.15) is 11.9 Å². The fourth-order valence-corrected chi connectivity index (χ4v) is 4.76. The molecule has 1 fully saturated rings. The Kier molecular flexibility index (Phi) is 5.11. The Bertz CT molecular complexity index is 1150. The number of rotatable bonds is 3. The second-order valence-corrected chi connectivity index (χ2v) is 8.84. The number of nitrogens with one attached hydrogen (secondary N) is 1. The Hall–Kier alpha value is -2.96. The lowest BCUT2D eigenvalue weighted by molar-refractivity contribution is -0.122. The summed E-state index contributed by atoms with van der Waals surface area (Å²) < 4.78 is 7.26. The highest BCUT2D eigenvalue weighted by molar-refractivity contribution is 7.18. The number of hydrogen-bond donors (Lipinski definition) is 1. The fourth-order valence-electron chi connectivity index (χ4n) is 3.89. The van der Waals surface area contributed by atoms with Crippen molar-refractivity contribution >= 4 is 33.0 Å². The van der Waals surface area contributed by atoms with Crippen LogP contribution in [0.4, 0.5) is 0 Å². The summed E-state index contributed by atoms with van der Waals surface area (Å²) in [5.41, 5.74) is 3.72. The van der Waals surface area contributed by atoms with Crippen molar-refractivity contribution in [3.8, 4) is 0 Å². The van der Waals surface area contributed by atoms with E-state index in [0.29, 0.717) is 0 Å². The molecule has 3 aliphatic heterocycles. The molecule has 152 valence electrons. The van der Waals surface area contributed by atoms with Crippen LogP contribution in [0.15, 0.2) is 72.3 Å². The van der Waals surface area contributed by atoms with Gasteiger partial charge in [-0.1, -0.05) is 18.2 Å². The lowest BCUT2D eigenvalue weighted by Gasteiger charge is -2.28. The molecule has 0 radical (unpaired) electrons. The van der Waals surface area contributed by atoms with E-state index in [0.717, 1.165) is 63.7 Å². The van der Waals surface area contributed by atoms with Crippen LogP contribution in [0.5, 0.6) is 0 Å². The topological polar surface area (TPSA) is 54.5 Å². The molecule has 1 N–H and O–H groups in total. The summed E-state index contributed by atoms with van der Waals surface area (Å²) in [5, 5.41) is 4.38. The van der Waals surface area contributed by atoms with Crippen molar-refractivity contribution in [3.05, 3.63) is 82.9 Å². The van der Waals surface area contributed by atoms with Crippen LogP contribution in [-0.2, 0) is 9.53 Å². The van der Waals surface area contributed by atoms with Gasteiger partial charge in [0.05, 0.1) is 21.4 Å². The van der Waals surface area contributed by atoms with Crippen LogP contribution < -0.4 is 5.32 Å². The zero-order valence-corrected chi connectivity index (χ0v) is 17.6. The summed E-state index contributed by atoms with van der Waals surface area (Å²) in [6, 6.07) is 6.14. The molecule has 0 atom stereocenters. The molecular weight excluding hydrogens is 394 g/mol. The molecule has 3 aliphatic rings. The van der Waals surface area contributed by atoms with E-state index >= 15 is 0 Å². The molecule has 1 saturated heterocycles. The summed E-state index contributed by atoms with van der Waals surface area (Å²) >= 11 is 1.67. The molecule has 1 aromatic heterocycles. The van der Waals surface area contributed by atoms with E-state index in [4.69, 9.17) is 4.74 Å². The lowest BCUT2D eigenvalue weighted by atomic mass is 10.0. The van der Waals surface area contributed by atoms with Crippen molar-refractivity contribution in [1.29, 1.82) is 0 Å². The maximum absolute atomic E-state index is 13.1. The Morgan fingerprint density at radius 3 is 2.93 bits per heavy atom. The number of fused-ring (bicyclic) bond motifs is 2. The Morgan fingerprint density at radius 1 is 1.20 bits per heavy atom. The normalized spacial score (nSPS) is 24.2. The van der Waals surface area contributed by atoms with Gasteiger partial charge in [0.15, 0.2) is 0 Å². The number of carbonyl (C=O) groups excluding carboxylic acids is 1. The zero-order valence-electron chi connectivity index (χ0n) is 16.8. The first-order valence-corrected chi connectivity index (χ1v) is 11.1. The van der Waals surface area contributed by atoms with Crippen molar-refractivity contribution in [2.24, 2.45) is 0 Å². The SMILES string of the molecule is Cc1nc2ccc(C3=C\C(=O)N4C=C(OC5CCNCC5)C=C\C4=C/C=C/3)cc2s1. The number of hydrogen-bond acceptors (Lipinski definition) is 5. The van der Waals surface area contributed by atoms with Gasteiger partial charge >= 0.3 is 0 Å². The fraction of sp³-hybridized carbons (Fsp3) is 0.250. The highest BCUT2D eigenvalue weighted by Crippen LogP contribution is 2.29. The van der Waals surface area contributed by atoms with E-state index in [9.17, 15) is 4.79 Å². The first-order chi connectivity index (χ1) is 14.7. The van der Waals surface area contributed by atoms with Crippen LogP contribution in [-0.4, -0.2) is 35.0 Å². The van der Waals surface area contributed by atoms with Crippen LogP contribution in [0.25, 0.3) is 15.8 Å². The predicted octanol–water partition coefficient (Wildman–Crippen LogP) is 4.45. The molecular formula is C24H23N3O2S. The average Bonchev–Trinajstić information content (AvgIpc) is 3.12. The van der Waals surface area contributed by atoms with Crippen molar-refractivity contribution in [3.63, 3.8) is 0 Å². The molecule has 5 rings (SSSR count). The Morgan fingerprint density at radius 2 is 2.07 bits per heavy atom. The first-order valence-electron chi connectivity index (χ1n) is 10.2. The zero-order chi connectivity index (χ0) is 20.5. The van der Waals surface area contributed by atoms with Gasteiger partial charge in [-0.3, -0.25) is 9.69 Å². The Balaban J connectivity index is 1.43. The summed E-state index contributed by atoms with van der Waals surface area (Å²) in [5.74, 6) is 0.644. The van der Waals surface area contributed by atoms with E-state index in [2.05, 4.69) is 16.4 Å². The third-order valence-electron chi connectivity index (χ3n) is 5.43. The number of aromatic nitrogens is 1. The maximum Gasteiger partial charge on any atom is 0.255 e. The summed E-state index contributed by atoms with van der Waals surface area (Å²) in [4.78, 5) is 19.3. The van der Waals surface area contributed by atoms with Crippen LogP contribution in [0.1, 0.15) is 23.4 Å². The first kappa shape index (κ1) is 19.0. The second-order valence-electron chi connectivity index (χ2n) is 7.61. The highest BCUT2D eigenvalue weighted by Gasteiger charge is 2.21. The van der Waals surface area contributed by atoms with Gasteiger partial charge in [-0.25, -0.2) is 4.98 Å². The van der Waals surface area contributed by atoms with Crippen molar-refractivity contribution in [1.82, 2.24) is 15.2 Å². The highest BCUT2D eigenvalue weighted by atomic mass is 32.1. The minimum absolute atomic E-state index is 0.0862. The predicted molar refractivity (Wildman–Crippen MR) is 121 cm³/mol. The number of thiazole rings is 1. The Labute approximate surface area is 179 Å². The van der Waals surface area contributed by atoms with E-state index in [1.54, 1.807) is 28.5 Å². The third-order valence-corrected chi connectivity index (χ3v) is 6.36. The van der Waals surface area contributed by atoms with Gasteiger partial charge < -0.3 is 10.1 Å². The van der Waals surface area contributed by atoms with Crippen molar-refractivity contribution in [2.75, 3.05) is 13.1 Å². The summed E-state index contributed by atoms with van der Waals surface area (Å²) in [6.45, 7) is 3.95. The minimum Gasteiger partial charge on any atom is -0.489 e. The van der Waals surface area contributed by atoms with Crippen LogP contribution in [0.2, 0.25) is 0 Å². The monoisotopic (exact) mass is 417 g/mol. The second kappa shape index (κ2) is 8.05. The lowest BCUT2D eigenvalue weighted by Crippen LogP contribution is -2.33. The van der Waals surface area contributed by atoms with E-state index in [1.807, 2.05) is 49.4 Å². The molecule has 0 aliphatic carbocycles. The number of piperidine rings is 1. The summed E-state index contributed by atoms with van der Waals surface area (Å²) in [7, 11) is 0. The largest absolute Gasteiger partial charge is 0.489 e. The number of nitrogens with zero attached hydrogens (tertiary/aromatic N) is 2. The van der Waals surface area contributed by atoms with E-state index in [-0.39, 0.29) is 12.0 Å². The van der Waals surface area contributed by atoms with Gasteiger partial charge in [0.25, 0.3) is 5.91 Å². The molecule has 5 nitrogen and oxygen atoms in total. The molecule has 6 heteroatoms. The maximum atomic E-state index is 13.1. The van der Waals surface area contributed by atoms with E-state index < -0.39 is 0 Å². The molecule has 0 saturated carbocycles. The molecule has 30 heavy (non-hydrogen) atoms. The number of carbonyl (C=O) groups is 1. The van der Waals surface area contributed by atoms with Gasteiger partial charge in [-0.2, -0.15) is 0 Å². The number of aryl methyl sites for hydroxylation is 1. The molecule has 1 amide bonds. The van der Waals surface area contributed by atoms with Gasteiger partial charge in [-0.05, 0) is 74.4 Å². The molecule has 0 unspecified atom stereocenters. The van der Waals surface area contributed by atoms with Crippen molar-refractivity contribution in [2.45, 2.75) is 25.9 Å². The van der Waals surface area contributed by atoms with Crippen molar-refractivity contribution < 1.29 is 9.53 Å². The van der Waals surface area contributed by atoms with Crippen LogP contribution >= 0.6 is 11.3 Å². The molecule has 1 aromatic carbocycles. The molecule has 0 spiro atoms. The van der Waals surface area contributed by atoms with Crippen LogP contribution in [0, 0.1) is 6.92 Å². The number of ether oxygens (including phenoxy) is 1. The number of benzene rings is 1. The number of amides is 1. The quantitative estimate of drug-likeness (QED) is 0.802. The van der Waals surface area contributed by atoms with Gasteiger partial charge in [-0.15, -0.1) is 11.3 Å². The standard InChI is InChI=1S/C24H23N3O2S/c1-16-26-22-8-5-18(13-23(22)30-16)17-3-2-4-19-6-7-21(15-27(19)24(28)14-17)29-20-9-11-25-12-10-20/h2-8,13-15,20,25H,9-12H2,1H3/b3-2+,17-14+,19-4+. The molecule has 0 bridgehead atoms. The molecule has 4 heterocycles. The third kappa shape index (κ3) is 3.88. The number of allylic oxidation sites excluding steroid dienone is 6. The average molecular weight is 418 g/mol. The molecule has 2 aromatic rings. The van der Waals surface area contributed by atoms with Gasteiger partial charge in [0, 0.05) is 11.8 Å².